The Morgan fingerprint density at radius 2 is 2.25 bits per heavy atom. The van der Waals surface area contributed by atoms with Crippen molar-refractivity contribution >= 4 is 11.6 Å². The van der Waals surface area contributed by atoms with Gasteiger partial charge in [-0.3, -0.25) is 0 Å². The normalized spacial score (nSPS) is 19.3. The number of fused-ring (bicyclic) bond motifs is 1. The molecule has 1 aliphatic carbocycles. The predicted molar refractivity (Wildman–Crippen MR) is 72.3 cm³/mol. The molecule has 1 aliphatic rings. The second kappa shape index (κ2) is 4.69. The minimum Gasteiger partial charge on any atom is -0.0985 e. The van der Waals surface area contributed by atoms with Crippen LogP contribution in [0.3, 0.4) is 0 Å². The van der Waals surface area contributed by atoms with Crippen molar-refractivity contribution in [2.24, 2.45) is 5.92 Å². The maximum Gasteiger partial charge on any atom is -0.0159 e. The number of rotatable bonds is 3. The van der Waals surface area contributed by atoms with E-state index >= 15 is 0 Å². The molecule has 0 bridgehead atoms. The second-order valence-electron chi connectivity index (χ2n) is 4.67. The highest BCUT2D eigenvalue weighted by atomic mass is 14.3. The third kappa shape index (κ3) is 1.97. The lowest BCUT2D eigenvalue weighted by molar-refractivity contribution is 0.539. The van der Waals surface area contributed by atoms with Crippen molar-refractivity contribution in [3.8, 4) is 0 Å². The summed E-state index contributed by atoms with van der Waals surface area (Å²) in [5, 5.41) is 0. The minimum atomic E-state index is 0.701. The lowest BCUT2D eigenvalue weighted by Gasteiger charge is -2.27. The summed E-state index contributed by atoms with van der Waals surface area (Å²) in [7, 11) is 0. The summed E-state index contributed by atoms with van der Waals surface area (Å²) in [6, 6.07) is 6.62. The molecule has 1 atom stereocenters. The van der Waals surface area contributed by atoms with Gasteiger partial charge in [-0.2, -0.15) is 0 Å². The minimum absolute atomic E-state index is 0.701. The van der Waals surface area contributed by atoms with Gasteiger partial charge >= 0.3 is 0 Å². The fourth-order valence-corrected chi connectivity index (χ4v) is 2.65. The van der Waals surface area contributed by atoms with E-state index in [1.165, 1.54) is 47.9 Å². The van der Waals surface area contributed by atoms with Crippen molar-refractivity contribution < 1.29 is 0 Å². The Labute approximate surface area is 98.7 Å². The van der Waals surface area contributed by atoms with Crippen molar-refractivity contribution in [1.82, 2.24) is 0 Å². The molecule has 0 spiro atoms. The van der Waals surface area contributed by atoms with E-state index in [2.05, 4.69) is 38.3 Å². The smallest absolute Gasteiger partial charge is 0.0159 e. The standard InChI is InChI=1S/C16H20/c1-4-6-14-8-9-15-11-13(5-2)7-10-16(15)12(14)3/h5,7,10-11,14H,2-4,6,8-9H2,1H3. The first kappa shape index (κ1) is 11.2. The second-order valence-corrected chi connectivity index (χ2v) is 4.67. The van der Waals surface area contributed by atoms with Gasteiger partial charge in [0.15, 0.2) is 0 Å². The zero-order valence-corrected chi connectivity index (χ0v) is 10.1. The maximum atomic E-state index is 4.29. The number of hydrogen-bond acceptors (Lipinski definition) is 0. The molecule has 16 heavy (non-hydrogen) atoms. The average molecular weight is 212 g/mol. The highest BCUT2D eigenvalue weighted by molar-refractivity contribution is 5.71. The van der Waals surface area contributed by atoms with Crippen LogP contribution in [0.1, 0.15) is 42.9 Å². The summed E-state index contributed by atoms with van der Waals surface area (Å²) in [6.07, 6.45) is 6.91. The van der Waals surface area contributed by atoms with Gasteiger partial charge < -0.3 is 0 Å². The summed E-state index contributed by atoms with van der Waals surface area (Å²) in [5.74, 6) is 0.701. The Morgan fingerprint density at radius 3 is 2.94 bits per heavy atom. The molecular formula is C16H20. The van der Waals surface area contributed by atoms with Gasteiger partial charge in [0, 0.05) is 0 Å². The van der Waals surface area contributed by atoms with Crippen molar-refractivity contribution in [3.05, 3.63) is 48.0 Å². The zero-order chi connectivity index (χ0) is 11.5. The molecule has 0 aromatic heterocycles. The van der Waals surface area contributed by atoms with E-state index in [0.717, 1.165) is 0 Å². The van der Waals surface area contributed by atoms with Crippen LogP contribution < -0.4 is 0 Å². The number of benzene rings is 1. The van der Waals surface area contributed by atoms with E-state index in [1.807, 2.05) is 6.08 Å². The lowest BCUT2D eigenvalue weighted by atomic mass is 9.78. The molecule has 0 aliphatic heterocycles. The van der Waals surface area contributed by atoms with Crippen LogP contribution in [0.15, 0.2) is 31.4 Å². The van der Waals surface area contributed by atoms with Crippen LogP contribution in [0.5, 0.6) is 0 Å². The van der Waals surface area contributed by atoms with E-state index in [9.17, 15) is 0 Å². The van der Waals surface area contributed by atoms with Gasteiger partial charge in [0.1, 0.15) is 0 Å². The van der Waals surface area contributed by atoms with Crippen LogP contribution in [0.2, 0.25) is 0 Å². The molecule has 0 saturated heterocycles. The Balaban J connectivity index is 2.31. The van der Waals surface area contributed by atoms with Crippen molar-refractivity contribution in [2.75, 3.05) is 0 Å². The number of allylic oxidation sites excluding steroid dienone is 1. The van der Waals surface area contributed by atoms with Crippen LogP contribution in [-0.4, -0.2) is 0 Å². The molecular weight excluding hydrogens is 192 g/mol. The van der Waals surface area contributed by atoms with E-state index in [0.29, 0.717) is 5.92 Å². The molecule has 1 aromatic carbocycles. The molecule has 0 nitrogen and oxygen atoms in total. The van der Waals surface area contributed by atoms with Crippen molar-refractivity contribution in [1.29, 1.82) is 0 Å². The van der Waals surface area contributed by atoms with Gasteiger partial charge in [-0.1, -0.05) is 50.8 Å². The molecule has 0 radical (unpaired) electrons. The SMILES string of the molecule is C=Cc1ccc2c(c1)CCC(CCC)C2=C. The topological polar surface area (TPSA) is 0 Å². The Kier molecular flexibility index (Phi) is 3.28. The fourth-order valence-electron chi connectivity index (χ4n) is 2.65. The molecule has 0 amide bonds. The van der Waals surface area contributed by atoms with Crippen molar-refractivity contribution in [2.45, 2.75) is 32.6 Å². The van der Waals surface area contributed by atoms with Gasteiger partial charge in [0.05, 0.1) is 0 Å². The van der Waals surface area contributed by atoms with Crippen LogP contribution in [0.4, 0.5) is 0 Å². The van der Waals surface area contributed by atoms with Crippen LogP contribution in [0, 0.1) is 5.92 Å². The fraction of sp³-hybridized carbons (Fsp3) is 0.375. The van der Waals surface area contributed by atoms with E-state index in [4.69, 9.17) is 0 Å². The molecule has 0 fully saturated rings. The first-order valence-electron chi connectivity index (χ1n) is 6.20. The molecule has 0 saturated carbocycles. The van der Waals surface area contributed by atoms with Crippen LogP contribution in [0.25, 0.3) is 11.6 Å². The third-order valence-electron chi connectivity index (χ3n) is 3.60. The zero-order valence-electron chi connectivity index (χ0n) is 10.1. The van der Waals surface area contributed by atoms with Gasteiger partial charge in [0.2, 0.25) is 0 Å². The van der Waals surface area contributed by atoms with Crippen molar-refractivity contribution in [3.63, 3.8) is 0 Å². The van der Waals surface area contributed by atoms with Gasteiger partial charge in [-0.05, 0) is 47.4 Å². The first-order chi connectivity index (χ1) is 7.76. The number of hydrogen-bond donors (Lipinski definition) is 0. The summed E-state index contributed by atoms with van der Waals surface area (Å²) in [5.41, 5.74) is 5.41. The highest BCUT2D eigenvalue weighted by Gasteiger charge is 2.21. The summed E-state index contributed by atoms with van der Waals surface area (Å²) < 4.78 is 0. The Morgan fingerprint density at radius 1 is 1.44 bits per heavy atom. The summed E-state index contributed by atoms with van der Waals surface area (Å²) in [6.45, 7) is 10.4. The van der Waals surface area contributed by atoms with E-state index in [-0.39, 0.29) is 0 Å². The monoisotopic (exact) mass is 212 g/mol. The highest BCUT2D eigenvalue weighted by Crippen LogP contribution is 2.37. The molecule has 0 N–H and O–H groups in total. The van der Waals surface area contributed by atoms with Gasteiger partial charge in [0.25, 0.3) is 0 Å². The van der Waals surface area contributed by atoms with Gasteiger partial charge in [-0.25, -0.2) is 0 Å². The van der Waals surface area contributed by atoms with E-state index in [1.54, 1.807) is 0 Å². The molecule has 0 heterocycles. The predicted octanol–water partition coefficient (Wildman–Crippen LogP) is 4.71. The quantitative estimate of drug-likeness (QED) is 0.681. The average Bonchev–Trinajstić information content (AvgIpc) is 2.32. The molecule has 1 unspecified atom stereocenters. The summed E-state index contributed by atoms with van der Waals surface area (Å²) >= 11 is 0. The maximum absolute atomic E-state index is 4.29. The van der Waals surface area contributed by atoms with E-state index < -0.39 is 0 Å². The lowest BCUT2D eigenvalue weighted by Crippen LogP contribution is -2.12. The first-order valence-corrected chi connectivity index (χ1v) is 6.20. The van der Waals surface area contributed by atoms with Crippen LogP contribution in [-0.2, 0) is 6.42 Å². The van der Waals surface area contributed by atoms with Crippen LogP contribution >= 0.6 is 0 Å². The molecule has 84 valence electrons. The largest absolute Gasteiger partial charge is 0.0985 e. The molecule has 2 rings (SSSR count). The molecule has 1 aromatic rings. The molecule has 0 heteroatoms. The Bertz CT molecular complexity index is 412. The van der Waals surface area contributed by atoms with Gasteiger partial charge in [-0.15, -0.1) is 0 Å². The third-order valence-corrected chi connectivity index (χ3v) is 3.60. The Hall–Kier alpha value is -1.30. The summed E-state index contributed by atoms with van der Waals surface area (Å²) in [4.78, 5) is 0. The number of aryl methyl sites for hydroxylation is 1.